The molecule has 1 heterocycles. The van der Waals surface area contributed by atoms with Crippen molar-refractivity contribution in [2.75, 3.05) is 0 Å². The zero-order valence-corrected chi connectivity index (χ0v) is 8.19. The largest absolute Gasteiger partial charge is 0.506 e. The highest BCUT2D eigenvalue weighted by atomic mass is 35.5. The van der Waals surface area contributed by atoms with E-state index in [0.29, 0.717) is 22.2 Å². The first kappa shape index (κ1) is 9.73. The number of hydrogen-bond acceptors (Lipinski definition) is 4. The summed E-state index contributed by atoms with van der Waals surface area (Å²) in [7, 11) is 0. The first-order valence-corrected chi connectivity index (χ1v) is 4.47. The van der Waals surface area contributed by atoms with Crippen LogP contribution in [0.4, 0.5) is 0 Å². The van der Waals surface area contributed by atoms with Crippen LogP contribution in [-0.2, 0) is 0 Å². The van der Waals surface area contributed by atoms with Crippen LogP contribution < -0.4 is 0 Å². The van der Waals surface area contributed by atoms with Gasteiger partial charge in [-0.3, -0.25) is 4.79 Å². The number of rotatable bonds is 1. The summed E-state index contributed by atoms with van der Waals surface area (Å²) in [6, 6.07) is 4.60. The van der Waals surface area contributed by atoms with Gasteiger partial charge in [-0.05, 0) is 18.2 Å². The normalized spacial score (nSPS) is 10.5. The Morgan fingerprint density at radius 1 is 1.33 bits per heavy atom. The van der Waals surface area contributed by atoms with E-state index in [2.05, 4.69) is 4.98 Å². The van der Waals surface area contributed by atoms with Crippen LogP contribution in [0.1, 0.15) is 10.4 Å². The van der Waals surface area contributed by atoms with E-state index in [4.69, 9.17) is 11.6 Å². The molecule has 76 valence electrons. The minimum Gasteiger partial charge on any atom is -0.506 e. The number of aromatic hydroxyl groups is 2. The van der Waals surface area contributed by atoms with Crippen LogP contribution in [0.3, 0.4) is 0 Å². The fraction of sp³-hybridized carbons (Fsp3) is 0. The fourth-order valence-electron chi connectivity index (χ4n) is 1.33. The maximum atomic E-state index is 10.6. The van der Waals surface area contributed by atoms with Gasteiger partial charge in [0.25, 0.3) is 0 Å². The number of benzene rings is 1. The molecule has 1 aromatic carbocycles. The number of pyridine rings is 1. The van der Waals surface area contributed by atoms with Gasteiger partial charge in [-0.1, -0.05) is 11.6 Å². The predicted molar refractivity (Wildman–Crippen MR) is 55.5 cm³/mol. The number of nitrogens with zero attached hydrogens (tertiary/aromatic N) is 1. The van der Waals surface area contributed by atoms with Crippen LogP contribution in [0, 0.1) is 0 Å². The van der Waals surface area contributed by atoms with Crippen LogP contribution in [0.15, 0.2) is 18.2 Å². The standard InChI is InChI=1S/C10H6ClNO3/c11-5-1-2-8-6(3-5)9(14)7(4-13)10(15)12-8/h1-4H,(H2,12,14,15). The summed E-state index contributed by atoms with van der Waals surface area (Å²) >= 11 is 5.74. The lowest BCUT2D eigenvalue weighted by Gasteiger charge is -2.04. The Kier molecular flexibility index (Phi) is 2.21. The molecule has 15 heavy (non-hydrogen) atoms. The second-order valence-corrected chi connectivity index (χ2v) is 3.41. The number of aromatic nitrogens is 1. The van der Waals surface area contributed by atoms with Gasteiger partial charge in [0.15, 0.2) is 6.29 Å². The summed E-state index contributed by atoms with van der Waals surface area (Å²) in [5.74, 6) is -0.799. The van der Waals surface area contributed by atoms with E-state index in [9.17, 15) is 15.0 Å². The van der Waals surface area contributed by atoms with Crippen LogP contribution in [0.5, 0.6) is 11.6 Å². The molecule has 2 aromatic rings. The zero-order chi connectivity index (χ0) is 11.0. The third-order valence-electron chi connectivity index (χ3n) is 2.05. The van der Waals surface area contributed by atoms with Gasteiger partial charge >= 0.3 is 0 Å². The summed E-state index contributed by atoms with van der Waals surface area (Å²) in [6.07, 6.45) is 0.345. The van der Waals surface area contributed by atoms with Gasteiger partial charge in [0.1, 0.15) is 11.3 Å². The molecule has 5 heteroatoms. The topological polar surface area (TPSA) is 70.4 Å². The lowest BCUT2D eigenvalue weighted by Crippen LogP contribution is -1.89. The SMILES string of the molecule is O=Cc1c(O)nc2ccc(Cl)cc2c1O. The van der Waals surface area contributed by atoms with Crippen LogP contribution in [0.2, 0.25) is 5.02 Å². The first-order valence-electron chi connectivity index (χ1n) is 4.10. The van der Waals surface area contributed by atoms with E-state index in [0.717, 1.165) is 0 Å². The van der Waals surface area contributed by atoms with E-state index in [1.165, 1.54) is 6.07 Å². The average Bonchev–Trinajstić information content (AvgIpc) is 2.20. The Bertz CT molecular complexity index is 554. The van der Waals surface area contributed by atoms with Gasteiger partial charge in [-0.2, -0.15) is 0 Å². The third kappa shape index (κ3) is 1.49. The van der Waals surface area contributed by atoms with Gasteiger partial charge in [0.05, 0.1) is 5.52 Å². The molecule has 0 unspecified atom stereocenters. The molecule has 0 saturated carbocycles. The number of fused-ring (bicyclic) bond motifs is 1. The van der Waals surface area contributed by atoms with Crippen LogP contribution in [0.25, 0.3) is 10.9 Å². The highest BCUT2D eigenvalue weighted by molar-refractivity contribution is 6.31. The fourth-order valence-corrected chi connectivity index (χ4v) is 1.50. The Balaban J connectivity index is 2.92. The number of carbonyl (C=O) groups is 1. The highest BCUT2D eigenvalue weighted by Crippen LogP contribution is 2.32. The average molecular weight is 224 g/mol. The Morgan fingerprint density at radius 3 is 2.73 bits per heavy atom. The number of hydrogen-bond donors (Lipinski definition) is 2. The third-order valence-corrected chi connectivity index (χ3v) is 2.29. The van der Waals surface area contributed by atoms with Gasteiger partial charge in [0, 0.05) is 10.4 Å². The molecule has 1 aromatic heterocycles. The van der Waals surface area contributed by atoms with Gasteiger partial charge < -0.3 is 10.2 Å². The van der Waals surface area contributed by atoms with Crippen molar-refractivity contribution in [2.24, 2.45) is 0 Å². The molecule has 0 aliphatic rings. The van der Waals surface area contributed by atoms with Crippen LogP contribution >= 0.6 is 11.6 Å². The molecule has 0 amide bonds. The van der Waals surface area contributed by atoms with Crippen molar-refractivity contribution in [1.82, 2.24) is 4.98 Å². The molecular weight excluding hydrogens is 218 g/mol. The second-order valence-electron chi connectivity index (χ2n) is 2.98. The minimum atomic E-state index is -0.489. The minimum absolute atomic E-state index is 0.232. The molecule has 0 aliphatic carbocycles. The zero-order valence-electron chi connectivity index (χ0n) is 7.44. The molecule has 2 rings (SSSR count). The molecule has 0 bridgehead atoms. The van der Waals surface area contributed by atoms with Crippen LogP contribution in [-0.4, -0.2) is 21.5 Å². The van der Waals surface area contributed by atoms with E-state index in [1.807, 2.05) is 0 Å². The van der Waals surface area contributed by atoms with Gasteiger partial charge in [0.2, 0.25) is 5.88 Å². The molecule has 0 spiro atoms. The van der Waals surface area contributed by atoms with Gasteiger partial charge in [-0.25, -0.2) is 4.98 Å². The Labute approximate surface area is 89.8 Å². The van der Waals surface area contributed by atoms with Crippen molar-refractivity contribution in [1.29, 1.82) is 0 Å². The quantitative estimate of drug-likeness (QED) is 0.727. The predicted octanol–water partition coefficient (Wildman–Crippen LogP) is 2.11. The monoisotopic (exact) mass is 223 g/mol. The van der Waals surface area contributed by atoms with E-state index in [1.54, 1.807) is 12.1 Å². The van der Waals surface area contributed by atoms with E-state index >= 15 is 0 Å². The molecule has 0 radical (unpaired) electrons. The maximum absolute atomic E-state index is 10.6. The molecule has 4 nitrogen and oxygen atoms in total. The summed E-state index contributed by atoms with van der Waals surface area (Å²) in [5, 5.41) is 19.7. The van der Waals surface area contributed by atoms with Crippen molar-refractivity contribution in [3.63, 3.8) is 0 Å². The highest BCUT2D eigenvalue weighted by Gasteiger charge is 2.13. The molecule has 0 saturated heterocycles. The Morgan fingerprint density at radius 2 is 2.07 bits per heavy atom. The van der Waals surface area contributed by atoms with Gasteiger partial charge in [-0.15, -0.1) is 0 Å². The summed E-state index contributed by atoms with van der Waals surface area (Å²) in [4.78, 5) is 14.3. The number of halogens is 1. The van der Waals surface area contributed by atoms with Crippen molar-refractivity contribution in [3.05, 3.63) is 28.8 Å². The van der Waals surface area contributed by atoms with Crippen molar-refractivity contribution in [2.45, 2.75) is 0 Å². The van der Waals surface area contributed by atoms with Crippen molar-refractivity contribution in [3.8, 4) is 11.6 Å². The number of aldehydes is 1. The van der Waals surface area contributed by atoms with Crippen molar-refractivity contribution >= 4 is 28.8 Å². The summed E-state index contributed by atoms with van der Waals surface area (Å²) in [5.41, 5.74) is 0.143. The lowest BCUT2D eigenvalue weighted by molar-refractivity contribution is 0.111. The molecule has 0 fully saturated rings. The lowest BCUT2D eigenvalue weighted by atomic mass is 10.1. The smallest absolute Gasteiger partial charge is 0.226 e. The molecular formula is C10H6ClNO3. The van der Waals surface area contributed by atoms with Crippen molar-refractivity contribution < 1.29 is 15.0 Å². The summed E-state index contributed by atoms with van der Waals surface area (Å²) in [6.45, 7) is 0. The second kappa shape index (κ2) is 3.40. The Hall–Kier alpha value is -1.81. The first-order chi connectivity index (χ1) is 7.13. The molecule has 0 atom stereocenters. The van der Waals surface area contributed by atoms with E-state index in [-0.39, 0.29) is 11.3 Å². The summed E-state index contributed by atoms with van der Waals surface area (Å²) < 4.78 is 0. The maximum Gasteiger partial charge on any atom is 0.226 e. The molecule has 2 N–H and O–H groups in total. The van der Waals surface area contributed by atoms with E-state index < -0.39 is 5.88 Å². The molecule has 0 aliphatic heterocycles. The number of carbonyl (C=O) groups excluding carboxylic acids is 1.